The van der Waals surface area contributed by atoms with Crippen molar-refractivity contribution >= 4 is 0 Å². The first-order chi connectivity index (χ1) is 6.43. The maximum Gasteiger partial charge on any atom is 0.0265 e. The van der Waals surface area contributed by atoms with Crippen molar-refractivity contribution in [2.24, 2.45) is 0 Å². The molecule has 0 aromatic heterocycles. The van der Waals surface area contributed by atoms with Crippen molar-refractivity contribution in [2.75, 3.05) is 0 Å². The molecule has 3 saturated heterocycles. The summed E-state index contributed by atoms with van der Waals surface area (Å²) in [5, 5.41) is 5.59. The molecule has 5 fully saturated rings. The summed E-state index contributed by atoms with van der Waals surface area (Å²) in [6.07, 6.45) is 10.4. The molecule has 2 heteroatoms. The van der Waals surface area contributed by atoms with Crippen LogP contribution < -0.4 is 0 Å². The predicted molar refractivity (Wildman–Crippen MR) is 51.1 cm³/mol. The smallest absolute Gasteiger partial charge is 0.0265 e. The van der Waals surface area contributed by atoms with Crippen molar-refractivity contribution in [1.82, 2.24) is 10.0 Å². The van der Waals surface area contributed by atoms with E-state index in [1.165, 1.54) is 44.9 Å². The summed E-state index contributed by atoms with van der Waals surface area (Å²) in [6.45, 7) is 0. The fourth-order valence-electron chi connectivity index (χ4n) is 4.35. The molecule has 2 atom stereocenters. The third kappa shape index (κ3) is 0.774. The molecule has 2 aliphatic carbocycles. The third-order valence-electron chi connectivity index (χ3n) is 4.81. The van der Waals surface area contributed by atoms with Crippen LogP contribution in [0, 0.1) is 0 Å². The van der Waals surface area contributed by atoms with Crippen LogP contribution in [0.5, 0.6) is 0 Å². The van der Waals surface area contributed by atoms with Crippen molar-refractivity contribution in [1.29, 1.82) is 0 Å². The molecule has 5 rings (SSSR count). The second kappa shape index (κ2) is 2.29. The normalized spacial score (nSPS) is 54.5. The third-order valence-corrected chi connectivity index (χ3v) is 4.81. The van der Waals surface area contributed by atoms with Gasteiger partial charge in [-0.2, -0.15) is 0 Å². The minimum atomic E-state index is 0.945. The first-order valence-electron chi connectivity index (χ1n) is 6.00. The summed E-state index contributed by atoms with van der Waals surface area (Å²) in [4.78, 5) is 0. The Labute approximate surface area is 79.9 Å². The summed E-state index contributed by atoms with van der Waals surface area (Å²) in [5.41, 5.74) is 0. The van der Waals surface area contributed by atoms with Crippen LogP contribution in [-0.2, 0) is 0 Å². The minimum absolute atomic E-state index is 0.945. The average Bonchev–Trinajstić information content (AvgIpc) is 2.80. The van der Waals surface area contributed by atoms with Gasteiger partial charge in [0.15, 0.2) is 0 Å². The molecule has 0 spiro atoms. The molecule has 13 heavy (non-hydrogen) atoms. The van der Waals surface area contributed by atoms with Crippen LogP contribution >= 0.6 is 0 Å². The summed E-state index contributed by atoms with van der Waals surface area (Å²) in [6, 6.07) is 3.80. The fourth-order valence-corrected chi connectivity index (χ4v) is 4.35. The zero-order valence-corrected chi connectivity index (χ0v) is 8.15. The van der Waals surface area contributed by atoms with Gasteiger partial charge in [-0.1, -0.05) is 0 Å². The number of nitrogens with zero attached hydrogens (tertiary/aromatic N) is 2. The van der Waals surface area contributed by atoms with Gasteiger partial charge < -0.3 is 0 Å². The molecule has 0 radical (unpaired) electrons. The average molecular weight is 178 g/mol. The van der Waals surface area contributed by atoms with Crippen LogP contribution in [0.25, 0.3) is 0 Å². The lowest BCUT2D eigenvalue weighted by Crippen LogP contribution is -2.63. The van der Waals surface area contributed by atoms with Crippen LogP contribution in [0.4, 0.5) is 0 Å². The molecule has 0 unspecified atom stereocenters. The van der Waals surface area contributed by atoms with Gasteiger partial charge in [-0.05, 0) is 44.9 Å². The van der Waals surface area contributed by atoms with E-state index < -0.39 is 0 Å². The quantitative estimate of drug-likeness (QED) is 0.558. The van der Waals surface area contributed by atoms with Crippen molar-refractivity contribution < 1.29 is 0 Å². The molecule has 0 N–H and O–H groups in total. The molecule has 3 aliphatic heterocycles. The van der Waals surface area contributed by atoms with Gasteiger partial charge in [-0.3, -0.25) is 0 Å². The molecule has 2 saturated carbocycles. The molecule has 2 nitrogen and oxygen atoms in total. The highest BCUT2D eigenvalue weighted by Gasteiger charge is 2.53. The van der Waals surface area contributed by atoms with Gasteiger partial charge in [0.25, 0.3) is 0 Å². The van der Waals surface area contributed by atoms with E-state index in [1.54, 1.807) is 0 Å². The lowest BCUT2D eigenvalue weighted by Gasteiger charge is -2.55. The minimum Gasteiger partial charge on any atom is -0.235 e. The molecule has 0 amide bonds. The monoisotopic (exact) mass is 178 g/mol. The topological polar surface area (TPSA) is 6.48 Å². The van der Waals surface area contributed by atoms with Gasteiger partial charge in [0, 0.05) is 24.2 Å². The van der Waals surface area contributed by atoms with Crippen LogP contribution in [-0.4, -0.2) is 34.2 Å². The lowest BCUT2D eigenvalue weighted by molar-refractivity contribution is -0.175. The van der Waals surface area contributed by atoms with Crippen molar-refractivity contribution in [2.45, 2.75) is 69.1 Å². The van der Waals surface area contributed by atoms with E-state index >= 15 is 0 Å². The van der Waals surface area contributed by atoms with E-state index in [1.807, 2.05) is 0 Å². The molecule has 3 heterocycles. The maximum absolute atomic E-state index is 2.80. The number of rotatable bonds is 0. The molecule has 72 valence electrons. The lowest BCUT2D eigenvalue weighted by atomic mass is 9.86. The zero-order chi connectivity index (χ0) is 8.41. The Hall–Kier alpha value is -0.0800. The SMILES string of the molecule is C1CC2CCC1N1[C@@H]3CC[C@@H](C3)N21. The summed E-state index contributed by atoms with van der Waals surface area (Å²) in [5.74, 6) is 0. The zero-order valence-electron chi connectivity index (χ0n) is 8.15. The van der Waals surface area contributed by atoms with Crippen LogP contribution in [0.1, 0.15) is 44.9 Å². The van der Waals surface area contributed by atoms with E-state index in [2.05, 4.69) is 10.0 Å². The van der Waals surface area contributed by atoms with Crippen molar-refractivity contribution in [3.8, 4) is 0 Å². The van der Waals surface area contributed by atoms with Gasteiger partial charge in [0.05, 0.1) is 0 Å². The van der Waals surface area contributed by atoms with E-state index in [4.69, 9.17) is 0 Å². The van der Waals surface area contributed by atoms with E-state index in [0.717, 1.165) is 24.2 Å². The first-order valence-corrected chi connectivity index (χ1v) is 6.00. The molecule has 5 aliphatic rings. The van der Waals surface area contributed by atoms with Gasteiger partial charge in [-0.15, -0.1) is 0 Å². The Morgan fingerprint density at radius 2 is 0.923 bits per heavy atom. The van der Waals surface area contributed by atoms with Gasteiger partial charge in [0.1, 0.15) is 0 Å². The van der Waals surface area contributed by atoms with E-state index in [0.29, 0.717) is 0 Å². The Balaban J connectivity index is 1.75. The largest absolute Gasteiger partial charge is 0.235 e. The van der Waals surface area contributed by atoms with Crippen LogP contribution in [0.3, 0.4) is 0 Å². The van der Waals surface area contributed by atoms with Crippen LogP contribution in [0.2, 0.25) is 0 Å². The van der Waals surface area contributed by atoms with Crippen molar-refractivity contribution in [3.63, 3.8) is 0 Å². The Bertz CT molecular complexity index is 208. The molecular formula is C11H18N2. The summed E-state index contributed by atoms with van der Waals surface area (Å²) < 4.78 is 0. The predicted octanol–water partition coefficient (Wildman–Crippen LogP) is 1.76. The molecular weight excluding hydrogens is 160 g/mol. The summed E-state index contributed by atoms with van der Waals surface area (Å²) >= 11 is 0. The number of hydrazine groups is 1. The van der Waals surface area contributed by atoms with Crippen molar-refractivity contribution in [3.05, 3.63) is 0 Å². The first kappa shape index (κ1) is 7.24. The second-order valence-electron chi connectivity index (χ2n) is 5.34. The number of fused-ring (bicyclic) bond motifs is 4. The number of hydrogen-bond acceptors (Lipinski definition) is 2. The molecule has 0 aromatic rings. The van der Waals surface area contributed by atoms with E-state index in [9.17, 15) is 0 Å². The fraction of sp³-hybridized carbons (Fsp3) is 1.00. The van der Waals surface area contributed by atoms with Gasteiger partial charge >= 0.3 is 0 Å². The number of hydrogen-bond donors (Lipinski definition) is 0. The Kier molecular flexibility index (Phi) is 1.28. The highest BCUT2D eigenvalue weighted by atomic mass is 15.7. The highest BCUT2D eigenvalue weighted by molar-refractivity contribution is 5.04. The maximum atomic E-state index is 2.80. The van der Waals surface area contributed by atoms with Gasteiger partial charge in [-0.25, -0.2) is 10.0 Å². The molecule has 4 bridgehead atoms. The van der Waals surface area contributed by atoms with Crippen LogP contribution in [0.15, 0.2) is 0 Å². The summed E-state index contributed by atoms with van der Waals surface area (Å²) in [7, 11) is 0. The Morgan fingerprint density at radius 3 is 1.38 bits per heavy atom. The van der Waals surface area contributed by atoms with E-state index in [-0.39, 0.29) is 0 Å². The standard InChI is InChI=1S/C11H18N2/c1-2-9-4-3-8(1)12-10-5-6-11(7-10)13(9)12/h8-11H,1-7H2/t8?,9?,10-,11+. The Morgan fingerprint density at radius 1 is 0.538 bits per heavy atom. The highest BCUT2D eigenvalue weighted by Crippen LogP contribution is 2.48. The molecule has 0 aromatic carbocycles. The second-order valence-corrected chi connectivity index (χ2v) is 5.34. The van der Waals surface area contributed by atoms with Gasteiger partial charge in [0.2, 0.25) is 0 Å².